The van der Waals surface area contributed by atoms with Gasteiger partial charge in [0.2, 0.25) is 0 Å². The quantitative estimate of drug-likeness (QED) is 0.622. The zero-order valence-corrected chi connectivity index (χ0v) is 12.7. The minimum atomic E-state index is -3.39. The lowest BCUT2D eigenvalue weighted by Gasteiger charge is -2.05. The number of hydrogen-bond acceptors (Lipinski definition) is 5. The molecule has 1 aromatic heterocycles. The summed E-state index contributed by atoms with van der Waals surface area (Å²) in [5.41, 5.74) is 0.300. The Morgan fingerprint density at radius 1 is 1.30 bits per heavy atom. The Morgan fingerprint density at radius 3 is 2.60 bits per heavy atom. The van der Waals surface area contributed by atoms with E-state index in [4.69, 9.17) is 0 Å². The van der Waals surface area contributed by atoms with Gasteiger partial charge in [-0.05, 0) is 34.1 Å². The molecule has 2 aromatic rings. The Morgan fingerprint density at radius 2 is 2.00 bits per heavy atom. The van der Waals surface area contributed by atoms with Crippen molar-refractivity contribution in [3.05, 3.63) is 51.1 Å². The number of benzene rings is 1. The summed E-state index contributed by atoms with van der Waals surface area (Å²) in [7, 11) is -3.39. The van der Waals surface area contributed by atoms with Crippen LogP contribution in [0.2, 0.25) is 0 Å². The maximum Gasteiger partial charge on any atom is 0.309 e. The second-order valence-corrected chi connectivity index (χ2v) is 6.92. The highest BCUT2D eigenvalue weighted by molar-refractivity contribution is 9.10. The summed E-state index contributed by atoms with van der Waals surface area (Å²) >= 11 is 3.10. The van der Waals surface area contributed by atoms with Crippen LogP contribution in [0.4, 0.5) is 5.69 Å². The van der Waals surface area contributed by atoms with Crippen molar-refractivity contribution in [2.45, 2.75) is 4.90 Å². The maximum atomic E-state index is 11.5. The van der Waals surface area contributed by atoms with Crippen molar-refractivity contribution >= 4 is 31.5 Å². The van der Waals surface area contributed by atoms with Gasteiger partial charge in [0, 0.05) is 18.0 Å². The van der Waals surface area contributed by atoms with E-state index in [1.807, 2.05) is 0 Å². The van der Waals surface area contributed by atoms with E-state index < -0.39 is 14.8 Å². The summed E-state index contributed by atoms with van der Waals surface area (Å²) < 4.78 is 23.4. The third-order valence-electron chi connectivity index (χ3n) is 2.59. The SMILES string of the molecule is CS(=O)(=O)c1cccc(-c2nccc(Br)c2[N+](=O)[O-])c1. The number of aromatic nitrogens is 1. The molecule has 0 aliphatic carbocycles. The van der Waals surface area contributed by atoms with Crippen LogP contribution in [-0.2, 0) is 9.84 Å². The molecule has 6 nitrogen and oxygen atoms in total. The summed E-state index contributed by atoms with van der Waals surface area (Å²) in [5.74, 6) is 0. The van der Waals surface area contributed by atoms with Gasteiger partial charge in [0.15, 0.2) is 9.84 Å². The van der Waals surface area contributed by atoms with Gasteiger partial charge in [-0.15, -0.1) is 0 Å². The van der Waals surface area contributed by atoms with Crippen LogP contribution in [0.1, 0.15) is 0 Å². The summed E-state index contributed by atoms with van der Waals surface area (Å²) in [6.07, 6.45) is 2.49. The predicted octanol–water partition coefficient (Wildman–Crippen LogP) is 2.82. The van der Waals surface area contributed by atoms with Gasteiger partial charge in [-0.25, -0.2) is 13.4 Å². The van der Waals surface area contributed by atoms with Crippen LogP contribution in [0.25, 0.3) is 11.3 Å². The van der Waals surface area contributed by atoms with Crippen LogP contribution in [0, 0.1) is 10.1 Å². The number of sulfone groups is 1. The molecular weight excluding hydrogens is 348 g/mol. The van der Waals surface area contributed by atoms with Crippen LogP contribution in [0.3, 0.4) is 0 Å². The molecule has 0 aliphatic rings. The Labute approximate surface area is 123 Å². The second kappa shape index (κ2) is 5.29. The molecular formula is C12H9BrN2O4S. The maximum absolute atomic E-state index is 11.5. The molecule has 0 spiro atoms. The fourth-order valence-electron chi connectivity index (χ4n) is 1.69. The average molecular weight is 357 g/mol. The van der Waals surface area contributed by atoms with Gasteiger partial charge in [-0.3, -0.25) is 10.1 Å². The van der Waals surface area contributed by atoms with Crippen LogP contribution in [-0.4, -0.2) is 24.6 Å². The van der Waals surface area contributed by atoms with E-state index in [1.54, 1.807) is 6.07 Å². The van der Waals surface area contributed by atoms with Gasteiger partial charge in [0.1, 0.15) is 5.69 Å². The topological polar surface area (TPSA) is 90.2 Å². The van der Waals surface area contributed by atoms with E-state index in [9.17, 15) is 18.5 Å². The van der Waals surface area contributed by atoms with Gasteiger partial charge in [-0.1, -0.05) is 12.1 Å². The number of rotatable bonds is 3. The van der Waals surface area contributed by atoms with E-state index in [-0.39, 0.29) is 20.7 Å². The number of pyridine rings is 1. The molecule has 1 heterocycles. The van der Waals surface area contributed by atoms with Gasteiger partial charge >= 0.3 is 5.69 Å². The first kappa shape index (κ1) is 14.6. The van der Waals surface area contributed by atoms with Gasteiger partial charge in [0.05, 0.1) is 14.3 Å². The Hall–Kier alpha value is -1.80. The normalized spacial score (nSPS) is 11.3. The largest absolute Gasteiger partial charge is 0.309 e. The Kier molecular flexibility index (Phi) is 3.87. The summed E-state index contributed by atoms with van der Waals surface area (Å²) in [6, 6.07) is 7.37. The fraction of sp³-hybridized carbons (Fsp3) is 0.0833. The van der Waals surface area contributed by atoms with E-state index in [1.165, 1.54) is 30.5 Å². The highest BCUT2D eigenvalue weighted by Gasteiger charge is 2.21. The van der Waals surface area contributed by atoms with Gasteiger partial charge < -0.3 is 0 Å². The third-order valence-corrected chi connectivity index (χ3v) is 4.34. The van der Waals surface area contributed by atoms with Crippen molar-refractivity contribution in [1.82, 2.24) is 4.98 Å². The predicted molar refractivity (Wildman–Crippen MR) is 77.1 cm³/mol. The molecule has 0 saturated carbocycles. The molecule has 2 rings (SSSR count). The standard InChI is InChI=1S/C12H9BrN2O4S/c1-20(18,19)9-4-2-3-8(7-9)11-12(15(16)17)10(13)5-6-14-11/h2-7H,1H3. The molecule has 0 N–H and O–H groups in total. The lowest BCUT2D eigenvalue weighted by atomic mass is 10.1. The highest BCUT2D eigenvalue weighted by atomic mass is 79.9. The summed E-state index contributed by atoms with van der Waals surface area (Å²) in [4.78, 5) is 14.6. The highest BCUT2D eigenvalue weighted by Crippen LogP contribution is 2.34. The number of halogens is 1. The van der Waals surface area contributed by atoms with Crippen LogP contribution < -0.4 is 0 Å². The van der Waals surface area contributed by atoms with Crippen molar-refractivity contribution in [2.24, 2.45) is 0 Å². The molecule has 0 radical (unpaired) electrons. The lowest BCUT2D eigenvalue weighted by molar-refractivity contribution is -0.385. The molecule has 0 bridgehead atoms. The molecule has 0 saturated heterocycles. The fourth-order valence-corrected chi connectivity index (χ4v) is 2.81. The first-order valence-electron chi connectivity index (χ1n) is 5.40. The van der Waals surface area contributed by atoms with Crippen LogP contribution in [0.5, 0.6) is 0 Å². The zero-order chi connectivity index (χ0) is 14.9. The van der Waals surface area contributed by atoms with Crippen LogP contribution >= 0.6 is 15.9 Å². The van der Waals surface area contributed by atoms with Crippen molar-refractivity contribution in [3.8, 4) is 11.3 Å². The lowest BCUT2D eigenvalue weighted by Crippen LogP contribution is -1.99. The molecule has 8 heteroatoms. The number of nitrogens with zero attached hydrogens (tertiary/aromatic N) is 2. The van der Waals surface area contributed by atoms with E-state index in [0.29, 0.717) is 5.56 Å². The van der Waals surface area contributed by atoms with Gasteiger partial charge in [-0.2, -0.15) is 0 Å². The molecule has 104 valence electrons. The third kappa shape index (κ3) is 2.86. The Balaban J connectivity index is 2.70. The van der Waals surface area contributed by atoms with E-state index in [0.717, 1.165) is 6.26 Å². The number of hydrogen-bond donors (Lipinski definition) is 0. The number of nitro groups is 1. The summed E-state index contributed by atoms with van der Waals surface area (Å²) in [6.45, 7) is 0. The van der Waals surface area contributed by atoms with Crippen molar-refractivity contribution in [3.63, 3.8) is 0 Å². The molecule has 0 atom stereocenters. The summed E-state index contributed by atoms with van der Waals surface area (Å²) in [5, 5.41) is 11.1. The zero-order valence-electron chi connectivity index (χ0n) is 10.3. The minimum absolute atomic E-state index is 0.0890. The van der Waals surface area contributed by atoms with Gasteiger partial charge in [0.25, 0.3) is 0 Å². The van der Waals surface area contributed by atoms with Crippen molar-refractivity contribution in [1.29, 1.82) is 0 Å². The van der Waals surface area contributed by atoms with E-state index in [2.05, 4.69) is 20.9 Å². The molecule has 0 fully saturated rings. The monoisotopic (exact) mass is 356 g/mol. The second-order valence-electron chi connectivity index (χ2n) is 4.05. The minimum Gasteiger partial charge on any atom is -0.258 e. The Bertz CT molecular complexity index is 790. The average Bonchev–Trinajstić information content (AvgIpc) is 2.37. The smallest absolute Gasteiger partial charge is 0.258 e. The van der Waals surface area contributed by atoms with Crippen LogP contribution in [0.15, 0.2) is 45.9 Å². The molecule has 0 aliphatic heterocycles. The van der Waals surface area contributed by atoms with Crippen molar-refractivity contribution in [2.75, 3.05) is 6.26 Å². The first-order valence-corrected chi connectivity index (χ1v) is 8.08. The molecule has 0 amide bonds. The molecule has 20 heavy (non-hydrogen) atoms. The van der Waals surface area contributed by atoms with E-state index >= 15 is 0 Å². The first-order chi connectivity index (χ1) is 9.30. The molecule has 0 unspecified atom stereocenters. The molecule has 1 aromatic carbocycles. The van der Waals surface area contributed by atoms with Crippen molar-refractivity contribution < 1.29 is 13.3 Å².